The van der Waals surface area contributed by atoms with Gasteiger partial charge in [0.1, 0.15) is 0 Å². The zero-order valence-corrected chi connectivity index (χ0v) is 12.2. The number of hydrogen-bond acceptors (Lipinski definition) is 2. The van der Waals surface area contributed by atoms with Crippen LogP contribution in [0.3, 0.4) is 0 Å². The Morgan fingerprint density at radius 2 is 2.00 bits per heavy atom. The van der Waals surface area contributed by atoms with Gasteiger partial charge >= 0.3 is 12.0 Å². The zero-order chi connectivity index (χ0) is 15.0. The summed E-state index contributed by atoms with van der Waals surface area (Å²) in [7, 11) is 0. The molecule has 1 aliphatic heterocycles. The first-order valence-corrected chi connectivity index (χ1v) is 7.47. The highest BCUT2D eigenvalue weighted by molar-refractivity contribution is 5.88. The average molecular weight is 288 g/mol. The van der Waals surface area contributed by atoms with Crippen molar-refractivity contribution in [3.8, 4) is 0 Å². The maximum Gasteiger partial charge on any atom is 0.335 e. The molecule has 1 aromatic rings. The van der Waals surface area contributed by atoms with Gasteiger partial charge in [0.25, 0.3) is 0 Å². The maximum absolute atomic E-state index is 12.6. The largest absolute Gasteiger partial charge is 0.478 e. The molecule has 112 valence electrons. The van der Waals surface area contributed by atoms with E-state index in [2.05, 4.69) is 0 Å². The SMILES string of the molecule is CCN(CC1CC1)C(=O)N1Cc2ccc(C(=O)O)cc2C1. The Bertz CT molecular complexity index is 581. The predicted octanol–water partition coefficient (Wildman–Crippen LogP) is 2.55. The molecule has 2 amide bonds. The van der Waals surface area contributed by atoms with Gasteiger partial charge in [0.2, 0.25) is 0 Å². The van der Waals surface area contributed by atoms with Gasteiger partial charge in [0.05, 0.1) is 5.56 Å². The molecule has 0 atom stereocenters. The minimum atomic E-state index is -0.925. The summed E-state index contributed by atoms with van der Waals surface area (Å²) < 4.78 is 0. The number of carboxylic acids is 1. The van der Waals surface area contributed by atoms with Crippen molar-refractivity contribution in [3.63, 3.8) is 0 Å². The van der Waals surface area contributed by atoms with E-state index in [1.54, 1.807) is 12.1 Å². The number of fused-ring (bicyclic) bond motifs is 1. The van der Waals surface area contributed by atoms with Crippen LogP contribution in [0, 0.1) is 5.92 Å². The molecule has 3 rings (SSSR count). The molecule has 1 aromatic carbocycles. The molecule has 0 spiro atoms. The van der Waals surface area contributed by atoms with Crippen molar-refractivity contribution in [1.29, 1.82) is 0 Å². The standard InChI is InChI=1S/C16H20N2O3/c1-2-17(8-11-3-4-11)16(21)18-9-13-6-5-12(15(19)20)7-14(13)10-18/h5-7,11H,2-4,8-10H2,1H3,(H,19,20). The summed E-state index contributed by atoms with van der Waals surface area (Å²) in [6.45, 7) is 4.67. The van der Waals surface area contributed by atoms with Crippen LogP contribution in [0.2, 0.25) is 0 Å². The molecule has 1 saturated carbocycles. The Morgan fingerprint density at radius 3 is 2.62 bits per heavy atom. The summed E-state index contributed by atoms with van der Waals surface area (Å²) in [5.41, 5.74) is 2.29. The third kappa shape index (κ3) is 2.86. The van der Waals surface area contributed by atoms with Crippen LogP contribution in [0.1, 0.15) is 41.3 Å². The molecule has 0 saturated heterocycles. The third-order valence-corrected chi connectivity index (χ3v) is 4.27. The van der Waals surface area contributed by atoms with Crippen molar-refractivity contribution in [3.05, 3.63) is 34.9 Å². The van der Waals surface area contributed by atoms with E-state index in [0.29, 0.717) is 19.0 Å². The monoisotopic (exact) mass is 288 g/mol. The van der Waals surface area contributed by atoms with Crippen LogP contribution in [0.4, 0.5) is 4.79 Å². The van der Waals surface area contributed by atoms with Crippen molar-refractivity contribution in [2.75, 3.05) is 13.1 Å². The van der Waals surface area contributed by atoms with Crippen LogP contribution in [0.15, 0.2) is 18.2 Å². The molecule has 5 nitrogen and oxygen atoms in total. The van der Waals surface area contributed by atoms with Crippen LogP contribution in [-0.4, -0.2) is 40.0 Å². The number of hydrogen-bond donors (Lipinski definition) is 1. The topological polar surface area (TPSA) is 60.9 Å². The highest BCUT2D eigenvalue weighted by Gasteiger charge is 2.31. The Kier molecular flexibility index (Phi) is 3.57. The maximum atomic E-state index is 12.6. The lowest BCUT2D eigenvalue weighted by atomic mass is 10.1. The summed E-state index contributed by atoms with van der Waals surface area (Å²) in [4.78, 5) is 27.3. The van der Waals surface area contributed by atoms with Gasteiger partial charge in [-0.2, -0.15) is 0 Å². The molecule has 1 fully saturated rings. The van der Waals surface area contributed by atoms with Crippen molar-refractivity contribution >= 4 is 12.0 Å². The number of benzene rings is 1. The average Bonchev–Trinajstić information content (AvgIpc) is 3.19. The molecule has 0 aromatic heterocycles. The van der Waals surface area contributed by atoms with Gasteiger partial charge in [-0.05, 0) is 48.9 Å². The van der Waals surface area contributed by atoms with Crippen molar-refractivity contribution in [1.82, 2.24) is 9.80 Å². The van der Waals surface area contributed by atoms with Gasteiger partial charge in [-0.25, -0.2) is 9.59 Å². The van der Waals surface area contributed by atoms with Gasteiger partial charge < -0.3 is 14.9 Å². The molecule has 5 heteroatoms. The van der Waals surface area contributed by atoms with Gasteiger partial charge in [-0.3, -0.25) is 0 Å². The predicted molar refractivity (Wildman–Crippen MR) is 78.0 cm³/mol. The van der Waals surface area contributed by atoms with E-state index in [9.17, 15) is 9.59 Å². The molecule has 0 radical (unpaired) electrons. The zero-order valence-electron chi connectivity index (χ0n) is 12.2. The summed E-state index contributed by atoms with van der Waals surface area (Å²) in [5.74, 6) is -0.246. The highest BCUT2D eigenvalue weighted by Crippen LogP contribution is 2.31. The third-order valence-electron chi connectivity index (χ3n) is 4.27. The van der Waals surface area contributed by atoms with E-state index in [-0.39, 0.29) is 11.6 Å². The second kappa shape index (κ2) is 5.39. The van der Waals surface area contributed by atoms with E-state index in [1.807, 2.05) is 22.8 Å². The van der Waals surface area contributed by atoms with Gasteiger partial charge in [-0.15, -0.1) is 0 Å². The molecular weight excluding hydrogens is 268 g/mol. The number of carbonyl (C=O) groups excluding carboxylic acids is 1. The molecule has 2 aliphatic rings. The molecule has 1 N–H and O–H groups in total. The van der Waals surface area contributed by atoms with Crippen LogP contribution < -0.4 is 0 Å². The summed E-state index contributed by atoms with van der Waals surface area (Å²) in [5, 5.41) is 9.03. The lowest BCUT2D eigenvalue weighted by Crippen LogP contribution is -2.41. The van der Waals surface area contributed by atoms with E-state index in [1.165, 1.54) is 12.8 Å². The number of urea groups is 1. The fourth-order valence-corrected chi connectivity index (χ4v) is 2.82. The molecule has 0 unspecified atom stereocenters. The first-order valence-electron chi connectivity index (χ1n) is 7.47. The number of rotatable bonds is 4. The Balaban J connectivity index is 1.70. The highest BCUT2D eigenvalue weighted by atomic mass is 16.4. The molecule has 1 heterocycles. The number of amides is 2. The Morgan fingerprint density at radius 1 is 1.29 bits per heavy atom. The summed E-state index contributed by atoms with van der Waals surface area (Å²) in [6.07, 6.45) is 2.46. The van der Waals surface area contributed by atoms with Gasteiger partial charge in [-0.1, -0.05) is 6.07 Å². The minimum absolute atomic E-state index is 0.0671. The van der Waals surface area contributed by atoms with Crippen molar-refractivity contribution in [2.24, 2.45) is 5.92 Å². The lowest BCUT2D eigenvalue weighted by molar-refractivity contribution is 0.0696. The van der Waals surface area contributed by atoms with E-state index in [0.717, 1.165) is 24.2 Å². The molecular formula is C16H20N2O3. The summed E-state index contributed by atoms with van der Waals surface area (Å²) >= 11 is 0. The molecule has 0 bridgehead atoms. The first-order chi connectivity index (χ1) is 10.1. The lowest BCUT2D eigenvalue weighted by Gasteiger charge is -2.26. The van der Waals surface area contributed by atoms with Crippen molar-refractivity contribution < 1.29 is 14.7 Å². The van der Waals surface area contributed by atoms with Crippen LogP contribution in [0.25, 0.3) is 0 Å². The van der Waals surface area contributed by atoms with E-state index < -0.39 is 5.97 Å². The number of nitrogens with zero attached hydrogens (tertiary/aromatic N) is 2. The van der Waals surface area contributed by atoms with Crippen LogP contribution in [-0.2, 0) is 13.1 Å². The molecule has 21 heavy (non-hydrogen) atoms. The van der Waals surface area contributed by atoms with Crippen molar-refractivity contribution in [2.45, 2.75) is 32.9 Å². The number of carbonyl (C=O) groups is 2. The van der Waals surface area contributed by atoms with Gasteiger partial charge in [0, 0.05) is 26.2 Å². The van der Waals surface area contributed by atoms with Gasteiger partial charge in [0.15, 0.2) is 0 Å². The smallest absolute Gasteiger partial charge is 0.335 e. The second-order valence-electron chi connectivity index (χ2n) is 5.91. The normalized spacial score (nSPS) is 16.7. The Hall–Kier alpha value is -2.04. The van der Waals surface area contributed by atoms with Crippen LogP contribution in [0.5, 0.6) is 0 Å². The van der Waals surface area contributed by atoms with E-state index in [4.69, 9.17) is 5.11 Å². The fourth-order valence-electron chi connectivity index (χ4n) is 2.82. The number of carboxylic acid groups (broad SMARTS) is 1. The second-order valence-corrected chi connectivity index (χ2v) is 5.91. The fraction of sp³-hybridized carbons (Fsp3) is 0.500. The van der Waals surface area contributed by atoms with E-state index >= 15 is 0 Å². The Labute approximate surface area is 124 Å². The quantitative estimate of drug-likeness (QED) is 0.926. The number of aromatic carboxylic acids is 1. The van der Waals surface area contributed by atoms with Crippen LogP contribution >= 0.6 is 0 Å². The molecule has 1 aliphatic carbocycles. The minimum Gasteiger partial charge on any atom is -0.478 e. The first kappa shape index (κ1) is 13.9. The summed E-state index contributed by atoms with van der Waals surface area (Å²) in [6, 6.07) is 5.18.